The van der Waals surface area contributed by atoms with Crippen LogP contribution in [-0.4, -0.2) is 40.6 Å². The summed E-state index contributed by atoms with van der Waals surface area (Å²) in [7, 11) is 0. The molecule has 0 saturated carbocycles. The first kappa shape index (κ1) is 12.5. The highest BCUT2D eigenvalue weighted by Crippen LogP contribution is 2.19. The molecule has 1 aromatic heterocycles. The van der Waals surface area contributed by atoms with Crippen LogP contribution in [0.5, 0.6) is 0 Å². The van der Waals surface area contributed by atoms with Crippen molar-refractivity contribution in [2.24, 2.45) is 5.92 Å². The van der Waals surface area contributed by atoms with E-state index >= 15 is 0 Å². The molecule has 2 unspecified atom stereocenters. The molecule has 2 atom stereocenters. The summed E-state index contributed by atoms with van der Waals surface area (Å²) in [6.45, 7) is 7.88. The Balaban J connectivity index is 2.01. The Morgan fingerprint density at radius 1 is 1.59 bits per heavy atom. The molecule has 5 nitrogen and oxygen atoms in total. The Kier molecular flexibility index (Phi) is 4.50. The highest BCUT2D eigenvalue weighted by molar-refractivity contribution is 4.93. The molecule has 0 aromatic carbocycles. The smallest absolute Gasteiger partial charge is 0.138 e. The standard InChI is InChI=1S/C12H22N4O/c1-3-13-11(10-5-6-17-8-10)7-12-14-9-15-16(12)4-2/h9-11,13H,3-8H2,1-2H3. The largest absolute Gasteiger partial charge is 0.381 e. The lowest BCUT2D eigenvalue weighted by atomic mass is 9.96. The van der Waals surface area contributed by atoms with Gasteiger partial charge in [0.2, 0.25) is 0 Å². The number of likely N-dealkylation sites (N-methyl/N-ethyl adjacent to an activating group) is 1. The van der Waals surface area contributed by atoms with E-state index < -0.39 is 0 Å². The van der Waals surface area contributed by atoms with E-state index in [9.17, 15) is 0 Å². The van der Waals surface area contributed by atoms with Gasteiger partial charge in [0.05, 0.1) is 6.61 Å². The van der Waals surface area contributed by atoms with Gasteiger partial charge in [-0.15, -0.1) is 0 Å². The van der Waals surface area contributed by atoms with E-state index in [4.69, 9.17) is 4.74 Å². The zero-order valence-corrected chi connectivity index (χ0v) is 10.7. The SMILES string of the molecule is CCNC(Cc1ncnn1CC)C1CCOC1. The Morgan fingerprint density at radius 3 is 3.12 bits per heavy atom. The van der Waals surface area contributed by atoms with Crippen molar-refractivity contribution in [1.29, 1.82) is 0 Å². The molecule has 17 heavy (non-hydrogen) atoms. The third-order valence-corrected chi connectivity index (χ3v) is 3.40. The molecule has 0 amide bonds. The van der Waals surface area contributed by atoms with E-state index in [-0.39, 0.29) is 0 Å². The predicted molar refractivity (Wildman–Crippen MR) is 65.8 cm³/mol. The van der Waals surface area contributed by atoms with Crippen LogP contribution in [0.25, 0.3) is 0 Å². The molecule has 1 saturated heterocycles. The molecule has 2 rings (SSSR count). The number of nitrogens with zero attached hydrogens (tertiary/aromatic N) is 3. The van der Waals surface area contributed by atoms with Crippen LogP contribution in [0.2, 0.25) is 0 Å². The van der Waals surface area contributed by atoms with Crippen LogP contribution < -0.4 is 5.32 Å². The van der Waals surface area contributed by atoms with Gasteiger partial charge in [-0.25, -0.2) is 4.98 Å². The lowest BCUT2D eigenvalue weighted by Crippen LogP contribution is -2.39. The fourth-order valence-corrected chi connectivity index (χ4v) is 2.44. The van der Waals surface area contributed by atoms with Gasteiger partial charge >= 0.3 is 0 Å². The second-order valence-corrected chi connectivity index (χ2v) is 4.48. The number of nitrogens with one attached hydrogen (secondary N) is 1. The molecule has 0 aliphatic carbocycles. The maximum Gasteiger partial charge on any atom is 0.138 e. The topological polar surface area (TPSA) is 52.0 Å². The van der Waals surface area contributed by atoms with Gasteiger partial charge in [0, 0.05) is 31.5 Å². The summed E-state index contributed by atoms with van der Waals surface area (Å²) in [4.78, 5) is 4.35. The molecule has 96 valence electrons. The maximum atomic E-state index is 5.48. The van der Waals surface area contributed by atoms with E-state index in [1.807, 2.05) is 4.68 Å². The number of aromatic nitrogens is 3. The van der Waals surface area contributed by atoms with Crippen molar-refractivity contribution in [1.82, 2.24) is 20.1 Å². The molecule has 1 N–H and O–H groups in total. The van der Waals surface area contributed by atoms with Crippen LogP contribution in [0.3, 0.4) is 0 Å². The van der Waals surface area contributed by atoms with Crippen LogP contribution >= 0.6 is 0 Å². The lowest BCUT2D eigenvalue weighted by molar-refractivity contribution is 0.176. The molecule has 0 spiro atoms. The second-order valence-electron chi connectivity index (χ2n) is 4.48. The van der Waals surface area contributed by atoms with Crippen molar-refractivity contribution in [3.63, 3.8) is 0 Å². The summed E-state index contributed by atoms with van der Waals surface area (Å²) in [5, 5.41) is 7.77. The van der Waals surface area contributed by atoms with E-state index in [0.29, 0.717) is 12.0 Å². The van der Waals surface area contributed by atoms with Crippen LogP contribution in [0.15, 0.2) is 6.33 Å². The zero-order chi connectivity index (χ0) is 12.1. The van der Waals surface area contributed by atoms with Crippen molar-refractivity contribution < 1.29 is 4.74 Å². The Bertz CT molecular complexity index is 333. The van der Waals surface area contributed by atoms with E-state index in [2.05, 4.69) is 29.2 Å². The molecule has 1 aromatic rings. The van der Waals surface area contributed by atoms with Gasteiger partial charge < -0.3 is 10.1 Å². The first-order chi connectivity index (χ1) is 8.35. The van der Waals surface area contributed by atoms with Gasteiger partial charge in [-0.05, 0) is 19.9 Å². The summed E-state index contributed by atoms with van der Waals surface area (Å²) in [6.07, 6.45) is 3.74. The zero-order valence-electron chi connectivity index (χ0n) is 10.7. The average molecular weight is 238 g/mol. The molecule has 2 heterocycles. The molecular weight excluding hydrogens is 216 g/mol. The van der Waals surface area contributed by atoms with Crippen molar-refractivity contribution in [2.45, 2.75) is 39.3 Å². The minimum atomic E-state index is 0.456. The van der Waals surface area contributed by atoms with Crippen molar-refractivity contribution in [3.8, 4) is 0 Å². The Morgan fingerprint density at radius 2 is 2.47 bits per heavy atom. The first-order valence-corrected chi connectivity index (χ1v) is 6.53. The van der Waals surface area contributed by atoms with Crippen LogP contribution in [0.4, 0.5) is 0 Å². The minimum Gasteiger partial charge on any atom is -0.381 e. The molecule has 1 fully saturated rings. The van der Waals surface area contributed by atoms with E-state index in [1.54, 1.807) is 6.33 Å². The van der Waals surface area contributed by atoms with E-state index in [1.165, 1.54) is 0 Å². The van der Waals surface area contributed by atoms with E-state index in [0.717, 1.165) is 45.0 Å². The van der Waals surface area contributed by atoms with Crippen molar-refractivity contribution in [2.75, 3.05) is 19.8 Å². The molecule has 0 radical (unpaired) electrons. The quantitative estimate of drug-likeness (QED) is 0.798. The van der Waals surface area contributed by atoms with Crippen LogP contribution in [0.1, 0.15) is 26.1 Å². The monoisotopic (exact) mass is 238 g/mol. The highest BCUT2D eigenvalue weighted by Gasteiger charge is 2.26. The summed E-state index contributed by atoms with van der Waals surface area (Å²) >= 11 is 0. The average Bonchev–Trinajstić information content (AvgIpc) is 2.99. The summed E-state index contributed by atoms with van der Waals surface area (Å²) in [6, 6.07) is 0.456. The fraction of sp³-hybridized carbons (Fsp3) is 0.833. The van der Waals surface area contributed by atoms with Gasteiger partial charge in [0.1, 0.15) is 12.2 Å². The Labute approximate surface area is 103 Å². The van der Waals surface area contributed by atoms with Gasteiger partial charge in [0.25, 0.3) is 0 Å². The molecule has 1 aliphatic heterocycles. The van der Waals surface area contributed by atoms with Gasteiger partial charge in [-0.1, -0.05) is 6.92 Å². The molecule has 1 aliphatic rings. The number of rotatable bonds is 6. The minimum absolute atomic E-state index is 0.456. The lowest BCUT2D eigenvalue weighted by Gasteiger charge is -2.22. The molecule has 5 heteroatoms. The maximum absolute atomic E-state index is 5.48. The first-order valence-electron chi connectivity index (χ1n) is 6.53. The molecule has 0 bridgehead atoms. The second kappa shape index (κ2) is 6.12. The normalized spacial score (nSPS) is 21.9. The predicted octanol–water partition coefficient (Wildman–Crippen LogP) is 0.855. The number of ether oxygens (including phenoxy) is 1. The fourth-order valence-electron chi connectivity index (χ4n) is 2.44. The summed E-state index contributed by atoms with van der Waals surface area (Å²) in [5.41, 5.74) is 0. The van der Waals surface area contributed by atoms with Crippen molar-refractivity contribution in [3.05, 3.63) is 12.2 Å². The van der Waals surface area contributed by atoms with Crippen LogP contribution in [0, 0.1) is 5.92 Å². The molecular formula is C12H22N4O. The van der Waals surface area contributed by atoms with Gasteiger partial charge in [-0.2, -0.15) is 5.10 Å². The van der Waals surface area contributed by atoms with Gasteiger partial charge in [-0.3, -0.25) is 4.68 Å². The van der Waals surface area contributed by atoms with Crippen LogP contribution in [-0.2, 0) is 17.7 Å². The number of hydrogen-bond donors (Lipinski definition) is 1. The third kappa shape index (κ3) is 3.04. The highest BCUT2D eigenvalue weighted by atomic mass is 16.5. The summed E-state index contributed by atoms with van der Waals surface area (Å²) in [5.74, 6) is 1.68. The third-order valence-electron chi connectivity index (χ3n) is 3.40. The summed E-state index contributed by atoms with van der Waals surface area (Å²) < 4.78 is 7.45. The number of aryl methyl sites for hydroxylation is 1. The Hall–Kier alpha value is -0.940. The van der Waals surface area contributed by atoms with Crippen molar-refractivity contribution >= 4 is 0 Å². The number of hydrogen-bond acceptors (Lipinski definition) is 4. The van der Waals surface area contributed by atoms with Gasteiger partial charge in [0.15, 0.2) is 0 Å².